The molecule has 1 aromatic rings. The van der Waals surface area contributed by atoms with Crippen LogP contribution in [0.1, 0.15) is 11.1 Å². The third-order valence-electron chi connectivity index (χ3n) is 2.00. The predicted octanol–water partition coefficient (Wildman–Crippen LogP) is 2.74. The molecule has 0 spiro atoms. The smallest absolute Gasteiger partial charge is 0.166 e. The highest BCUT2D eigenvalue weighted by molar-refractivity contribution is 6.31. The van der Waals surface area contributed by atoms with E-state index in [0.717, 1.165) is 0 Å². The van der Waals surface area contributed by atoms with Crippen molar-refractivity contribution in [1.29, 1.82) is 0 Å². The van der Waals surface area contributed by atoms with Gasteiger partial charge >= 0.3 is 0 Å². The van der Waals surface area contributed by atoms with Gasteiger partial charge in [0.25, 0.3) is 0 Å². The van der Waals surface area contributed by atoms with Gasteiger partial charge in [0, 0.05) is 29.8 Å². The second kappa shape index (κ2) is 5.94. The van der Waals surface area contributed by atoms with Gasteiger partial charge < -0.3 is 10.5 Å². The van der Waals surface area contributed by atoms with Gasteiger partial charge in [0.1, 0.15) is 0 Å². The fourth-order valence-electron chi connectivity index (χ4n) is 1.24. The first-order valence-corrected chi connectivity index (χ1v) is 5.01. The fraction of sp³-hybridized carbons (Fsp3) is 0.273. The molecule has 0 unspecified atom stereocenters. The number of hydrogen-bond donors (Lipinski definition) is 1. The standard InChI is InChI=1S/C11H12ClF2NO/c1-16-6-8-9(12)5-7(3-2-4-15)10(13)11(8)14/h2-3,5H,4,6,15H2,1H3/b3-2+. The minimum absolute atomic E-state index is 0.0200. The average molecular weight is 248 g/mol. The second-order valence-electron chi connectivity index (χ2n) is 3.13. The van der Waals surface area contributed by atoms with Crippen LogP contribution >= 0.6 is 11.6 Å². The van der Waals surface area contributed by atoms with Crippen LogP contribution in [0.3, 0.4) is 0 Å². The Hall–Kier alpha value is -0.970. The van der Waals surface area contributed by atoms with Crippen molar-refractivity contribution < 1.29 is 13.5 Å². The molecule has 0 radical (unpaired) electrons. The van der Waals surface area contributed by atoms with Crippen molar-refractivity contribution in [1.82, 2.24) is 0 Å². The Balaban J connectivity index is 3.22. The van der Waals surface area contributed by atoms with Crippen molar-refractivity contribution in [3.05, 3.63) is 39.9 Å². The fourth-order valence-corrected chi connectivity index (χ4v) is 1.50. The van der Waals surface area contributed by atoms with Crippen LogP contribution in [0.5, 0.6) is 0 Å². The molecule has 16 heavy (non-hydrogen) atoms. The maximum atomic E-state index is 13.5. The molecule has 2 N–H and O–H groups in total. The van der Waals surface area contributed by atoms with Crippen LogP contribution in [0.15, 0.2) is 12.1 Å². The molecule has 0 aliphatic rings. The molecular formula is C11H12ClF2NO. The van der Waals surface area contributed by atoms with Gasteiger partial charge in [-0.25, -0.2) is 8.78 Å². The van der Waals surface area contributed by atoms with Crippen molar-refractivity contribution in [2.75, 3.05) is 13.7 Å². The van der Waals surface area contributed by atoms with Gasteiger partial charge in [-0.1, -0.05) is 23.8 Å². The summed E-state index contributed by atoms with van der Waals surface area (Å²) in [5, 5.41) is 0.137. The molecule has 88 valence electrons. The number of benzene rings is 1. The Labute approximate surface area is 97.7 Å². The SMILES string of the molecule is COCc1c(Cl)cc(/C=C/CN)c(F)c1F. The summed E-state index contributed by atoms with van der Waals surface area (Å²) in [6, 6.07) is 1.35. The van der Waals surface area contributed by atoms with Gasteiger partial charge in [0.05, 0.1) is 6.61 Å². The summed E-state index contributed by atoms with van der Waals surface area (Å²) in [6.45, 7) is 0.182. The molecular weight excluding hydrogens is 236 g/mol. The lowest BCUT2D eigenvalue weighted by Gasteiger charge is -2.08. The van der Waals surface area contributed by atoms with Crippen LogP contribution in [-0.4, -0.2) is 13.7 Å². The lowest BCUT2D eigenvalue weighted by molar-refractivity contribution is 0.180. The van der Waals surface area contributed by atoms with E-state index in [1.165, 1.54) is 25.3 Å². The van der Waals surface area contributed by atoms with E-state index in [1.54, 1.807) is 0 Å². The van der Waals surface area contributed by atoms with Crippen LogP contribution < -0.4 is 5.73 Å². The molecule has 5 heteroatoms. The van der Waals surface area contributed by atoms with E-state index in [0.29, 0.717) is 0 Å². The van der Waals surface area contributed by atoms with Crippen LogP contribution in [0.4, 0.5) is 8.78 Å². The van der Waals surface area contributed by atoms with Crippen LogP contribution in [0.2, 0.25) is 5.02 Å². The minimum Gasteiger partial charge on any atom is -0.380 e. The van der Waals surface area contributed by atoms with Crippen molar-refractivity contribution in [3.8, 4) is 0 Å². The molecule has 0 aromatic heterocycles. The molecule has 0 aliphatic heterocycles. The number of halogens is 3. The molecule has 2 nitrogen and oxygen atoms in total. The summed E-state index contributed by atoms with van der Waals surface area (Å²) in [5.41, 5.74) is 5.32. The van der Waals surface area contributed by atoms with Crippen molar-refractivity contribution in [2.24, 2.45) is 5.73 Å². The molecule has 1 aromatic carbocycles. The van der Waals surface area contributed by atoms with Crippen molar-refractivity contribution in [3.63, 3.8) is 0 Å². The van der Waals surface area contributed by atoms with E-state index in [-0.39, 0.29) is 29.3 Å². The topological polar surface area (TPSA) is 35.2 Å². The Bertz CT molecular complexity index is 407. The molecule has 0 saturated heterocycles. The molecule has 0 fully saturated rings. The van der Waals surface area contributed by atoms with E-state index >= 15 is 0 Å². The predicted molar refractivity (Wildman–Crippen MR) is 60.2 cm³/mol. The van der Waals surface area contributed by atoms with Crippen LogP contribution in [-0.2, 0) is 11.3 Å². The van der Waals surface area contributed by atoms with E-state index in [4.69, 9.17) is 22.1 Å². The number of hydrogen-bond acceptors (Lipinski definition) is 2. The largest absolute Gasteiger partial charge is 0.380 e. The quantitative estimate of drug-likeness (QED) is 0.831. The molecule has 1 rings (SSSR count). The first kappa shape index (κ1) is 13.1. The minimum atomic E-state index is -0.981. The summed E-state index contributed by atoms with van der Waals surface area (Å²) < 4.78 is 31.8. The summed E-state index contributed by atoms with van der Waals surface area (Å²) in [5.74, 6) is -1.92. The number of nitrogens with two attached hydrogens (primary N) is 1. The van der Waals surface area contributed by atoms with Gasteiger partial charge in [-0.3, -0.25) is 0 Å². The Morgan fingerprint density at radius 2 is 2.12 bits per heavy atom. The summed E-state index contributed by atoms with van der Waals surface area (Å²) in [7, 11) is 1.38. The highest BCUT2D eigenvalue weighted by atomic mass is 35.5. The van der Waals surface area contributed by atoms with Gasteiger partial charge in [-0.05, 0) is 6.07 Å². The Morgan fingerprint density at radius 1 is 1.44 bits per heavy atom. The maximum absolute atomic E-state index is 13.5. The van der Waals surface area contributed by atoms with E-state index in [9.17, 15) is 8.78 Å². The summed E-state index contributed by atoms with van der Waals surface area (Å²) in [4.78, 5) is 0. The van der Waals surface area contributed by atoms with Gasteiger partial charge in [-0.15, -0.1) is 0 Å². The molecule has 0 aliphatic carbocycles. The monoisotopic (exact) mass is 247 g/mol. The third kappa shape index (κ3) is 2.78. The first-order chi connectivity index (χ1) is 7.61. The molecule has 0 heterocycles. The molecule has 0 saturated carbocycles. The second-order valence-corrected chi connectivity index (χ2v) is 3.53. The number of ether oxygens (including phenoxy) is 1. The molecule has 0 atom stereocenters. The van der Waals surface area contributed by atoms with E-state index in [2.05, 4.69) is 0 Å². The van der Waals surface area contributed by atoms with Gasteiger partial charge in [-0.2, -0.15) is 0 Å². The molecule has 0 bridgehead atoms. The third-order valence-corrected chi connectivity index (χ3v) is 2.34. The lowest BCUT2D eigenvalue weighted by Crippen LogP contribution is -2.00. The summed E-state index contributed by atoms with van der Waals surface area (Å²) in [6.07, 6.45) is 2.91. The zero-order chi connectivity index (χ0) is 12.1. The highest BCUT2D eigenvalue weighted by Crippen LogP contribution is 2.26. The van der Waals surface area contributed by atoms with Crippen molar-refractivity contribution in [2.45, 2.75) is 6.61 Å². The first-order valence-electron chi connectivity index (χ1n) is 4.63. The molecule has 0 amide bonds. The lowest BCUT2D eigenvalue weighted by atomic mass is 10.1. The van der Waals surface area contributed by atoms with Crippen LogP contribution in [0.25, 0.3) is 6.08 Å². The zero-order valence-corrected chi connectivity index (χ0v) is 9.52. The highest BCUT2D eigenvalue weighted by Gasteiger charge is 2.15. The average Bonchev–Trinajstić information content (AvgIpc) is 2.27. The van der Waals surface area contributed by atoms with Gasteiger partial charge in [0.2, 0.25) is 0 Å². The van der Waals surface area contributed by atoms with Crippen molar-refractivity contribution >= 4 is 17.7 Å². The number of rotatable bonds is 4. The Morgan fingerprint density at radius 3 is 2.69 bits per heavy atom. The normalized spacial score (nSPS) is 11.3. The van der Waals surface area contributed by atoms with Gasteiger partial charge in [0.15, 0.2) is 11.6 Å². The van der Waals surface area contributed by atoms with E-state index < -0.39 is 11.6 Å². The maximum Gasteiger partial charge on any atom is 0.166 e. The zero-order valence-electron chi connectivity index (χ0n) is 8.77. The Kier molecular flexibility index (Phi) is 4.86. The number of methoxy groups -OCH3 is 1. The van der Waals surface area contributed by atoms with Crippen LogP contribution in [0, 0.1) is 11.6 Å². The van der Waals surface area contributed by atoms with E-state index in [1.807, 2.05) is 0 Å². The summed E-state index contributed by atoms with van der Waals surface area (Å²) >= 11 is 5.81.